The van der Waals surface area contributed by atoms with E-state index in [2.05, 4.69) is 10.0 Å². The van der Waals surface area contributed by atoms with Crippen LogP contribution in [0.5, 0.6) is 0 Å². The molecule has 0 aromatic heterocycles. The van der Waals surface area contributed by atoms with Crippen LogP contribution >= 0.6 is 0 Å². The summed E-state index contributed by atoms with van der Waals surface area (Å²) in [5.74, 6) is -0.776. The molecule has 0 saturated heterocycles. The van der Waals surface area contributed by atoms with Gasteiger partial charge in [0, 0.05) is 19.6 Å². The van der Waals surface area contributed by atoms with Crippen LogP contribution in [0.3, 0.4) is 0 Å². The third-order valence-corrected chi connectivity index (χ3v) is 3.65. The topological polar surface area (TPSA) is 78.4 Å². The third kappa shape index (κ3) is 4.69. The minimum atomic E-state index is -3.82. The van der Waals surface area contributed by atoms with Crippen LogP contribution in [-0.4, -0.2) is 39.3 Å². The lowest BCUT2D eigenvalue weighted by atomic mass is 10.4. The summed E-state index contributed by atoms with van der Waals surface area (Å²) in [6, 6.07) is 5.20. The highest BCUT2D eigenvalue weighted by atomic mass is 32.2. The van der Waals surface area contributed by atoms with Crippen molar-refractivity contribution in [3.05, 3.63) is 30.1 Å². The highest BCUT2D eigenvalue weighted by molar-refractivity contribution is 7.89. The molecule has 0 fully saturated rings. The Kier molecular flexibility index (Phi) is 5.67. The van der Waals surface area contributed by atoms with Gasteiger partial charge in [-0.3, -0.25) is 0 Å². The van der Waals surface area contributed by atoms with Crippen molar-refractivity contribution < 1.29 is 17.9 Å². The van der Waals surface area contributed by atoms with E-state index in [1.165, 1.54) is 18.2 Å². The van der Waals surface area contributed by atoms with Gasteiger partial charge in [0.2, 0.25) is 10.0 Å². The molecular formula is C11H17FN2O3S. The molecule has 0 radical (unpaired) electrons. The van der Waals surface area contributed by atoms with E-state index < -0.39 is 21.9 Å². The van der Waals surface area contributed by atoms with Gasteiger partial charge in [-0.1, -0.05) is 12.1 Å². The molecule has 0 saturated carbocycles. The number of aliphatic hydroxyl groups is 1. The highest BCUT2D eigenvalue weighted by Gasteiger charge is 2.17. The average molecular weight is 276 g/mol. The summed E-state index contributed by atoms with van der Waals surface area (Å²) >= 11 is 0. The largest absolute Gasteiger partial charge is 0.392 e. The van der Waals surface area contributed by atoms with E-state index in [9.17, 15) is 12.8 Å². The van der Waals surface area contributed by atoms with Crippen LogP contribution in [0.1, 0.15) is 6.92 Å². The summed E-state index contributed by atoms with van der Waals surface area (Å²) in [4.78, 5) is -0.361. The lowest BCUT2D eigenvalue weighted by Gasteiger charge is -2.09. The molecule has 0 aliphatic carbocycles. The van der Waals surface area contributed by atoms with Gasteiger partial charge in [0.15, 0.2) is 0 Å². The molecule has 18 heavy (non-hydrogen) atoms. The van der Waals surface area contributed by atoms with Crippen LogP contribution in [0, 0.1) is 5.82 Å². The summed E-state index contributed by atoms with van der Waals surface area (Å²) in [5, 5.41) is 11.8. The molecule has 3 N–H and O–H groups in total. The Hall–Kier alpha value is -1.02. The SMILES string of the molecule is CC(O)CNCCNS(=O)(=O)c1ccccc1F. The first kappa shape index (κ1) is 15.0. The van der Waals surface area contributed by atoms with Gasteiger partial charge in [-0.25, -0.2) is 17.5 Å². The molecule has 1 aromatic rings. The molecular weight excluding hydrogens is 259 g/mol. The van der Waals surface area contributed by atoms with Crippen molar-refractivity contribution in [1.29, 1.82) is 0 Å². The normalized spacial score (nSPS) is 13.5. The number of hydrogen-bond donors (Lipinski definition) is 3. The second kappa shape index (κ2) is 6.79. The van der Waals surface area contributed by atoms with Gasteiger partial charge in [0.1, 0.15) is 10.7 Å². The van der Waals surface area contributed by atoms with E-state index in [0.29, 0.717) is 13.1 Å². The van der Waals surface area contributed by atoms with Crippen LogP contribution in [0.4, 0.5) is 4.39 Å². The van der Waals surface area contributed by atoms with E-state index in [4.69, 9.17) is 5.11 Å². The van der Waals surface area contributed by atoms with Crippen LogP contribution < -0.4 is 10.0 Å². The number of halogens is 1. The molecule has 5 nitrogen and oxygen atoms in total. The number of nitrogens with one attached hydrogen (secondary N) is 2. The lowest BCUT2D eigenvalue weighted by Crippen LogP contribution is -2.34. The Balaban J connectivity index is 2.49. The van der Waals surface area contributed by atoms with Gasteiger partial charge < -0.3 is 10.4 Å². The predicted octanol–water partition coefficient (Wildman–Crippen LogP) is 0.0744. The van der Waals surface area contributed by atoms with Gasteiger partial charge in [-0.05, 0) is 19.1 Å². The summed E-state index contributed by atoms with van der Waals surface area (Å²) in [6.45, 7) is 2.49. The minimum Gasteiger partial charge on any atom is -0.392 e. The maximum atomic E-state index is 13.3. The van der Waals surface area contributed by atoms with Gasteiger partial charge in [0.25, 0.3) is 0 Å². The van der Waals surface area contributed by atoms with E-state index in [1.54, 1.807) is 6.92 Å². The van der Waals surface area contributed by atoms with Crippen molar-refractivity contribution in [2.45, 2.75) is 17.9 Å². The van der Waals surface area contributed by atoms with Crippen molar-refractivity contribution in [2.75, 3.05) is 19.6 Å². The first-order valence-electron chi connectivity index (χ1n) is 5.56. The van der Waals surface area contributed by atoms with Crippen molar-refractivity contribution in [1.82, 2.24) is 10.0 Å². The van der Waals surface area contributed by atoms with Crippen LogP contribution in [-0.2, 0) is 10.0 Å². The molecule has 7 heteroatoms. The Morgan fingerprint density at radius 2 is 2.00 bits per heavy atom. The second-order valence-corrected chi connectivity index (χ2v) is 5.62. The van der Waals surface area contributed by atoms with Crippen LogP contribution in [0.15, 0.2) is 29.2 Å². The Labute approximate surface area is 106 Å². The zero-order valence-corrected chi connectivity index (χ0v) is 10.9. The second-order valence-electron chi connectivity index (χ2n) is 3.88. The van der Waals surface area contributed by atoms with Crippen molar-refractivity contribution >= 4 is 10.0 Å². The Bertz CT molecular complexity index is 477. The molecule has 1 unspecified atom stereocenters. The quantitative estimate of drug-likeness (QED) is 0.616. The first-order chi connectivity index (χ1) is 8.43. The molecule has 1 aromatic carbocycles. The van der Waals surface area contributed by atoms with Crippen LogP contribution in [0.25, 0.3) is 0 Å². The fourth-order valence-electron chi connectivity index (χ4n) is 1.33. The zero-order chi connectivity index (χ0) is 13.6. The molecule has 0 heterocycles. The number of benzene rings is 1. The summed E-state index contributed by atoms with van der Waals surface area (Å²) in [5.41, 5.74) is 0. The van der Waals surface area contributed by atoms with E-state index in [0.717, 1.165) is 6.07 Å². The number of hydrogen-bond acceptors (Lipinski definition) is 4. The first-order valence-corrected chi connectivity index (χ1v) is 7.05. The smallest absolute Gasteiger partial charge is 0.243 e. The van der Waals surface area contributed by atoms with E-state index >= 15 is 0 Å². The average Bonchev–Trinajstić information content (AvgIpc) is 2.28. The molecule has 0 bridgehead atoms. The van der Waals surface area contributed by atoms with Crippen molar-refractivity contribution in [3.8, 4) is 0 Å². The predicted molar refractivity (Wildman–Crippen MR) is 66.1 cm³/mol. The van der Waals surface area contributed by atoms with E-state index in [-0.39, 0.29) is 11.4 Å². The highest BCUT2D eigenvalue weighted by Crippen LogP contribution is 2.12. The maximum Gasteiger partial charge on any atom is 0.243 e. The van der Waals surface area contributed by atoms with Gasteiger partial charge in [0.05, 0.1) is 6.10 Å². The summed E-state index contributed by atoms with van der Waals surface area (Å²) < 4.78 is 39.0. The molecule has 102 valence electrons. The minimum absolute atomic E-state index is 0.128. The van der Waals surface area contributed by atoms with Gasteiger partial charge in [-0.15, -0.1) is 0 Å². The Morgan fingerprint density at radius 3 is 2.61 bits per heavy atom. The zero-order valence-electron chi connectivity index (χ0n) is 10.1. The molecule has 0 aliphatic rings. The lowest BCUT2D eigenvalue weighted by molar-refractivity contribution is 0.192. The monoisotopic (exact) mass is 276 g/mol. The number of sulfonamides is 1. The maximum absolute atomic E-state index is 13.3. The standard InChI is InChI=1S/C11H17FN2O3S/c1-9(15)8-13-6-7-14-18(16,17)11-5-3-2-4-10(11)12/h2-5,9,13-15H,6-8H2,1H3. The fraction of sp³-hybridized carbons (Fsp3) is 0.455. The van der Waals surface area contributed by atoms with Gasteiger partial charge >= 0.3 is 0 Å². The van der Waals surface area contributed by atoms with Crippen LogP contribution in [0.2, 0.25) is 0 Å². The number of aliphatic hydroxyl groups excluding tert-OH is 1. The molecule has 0 spiro atoms. The number of rotatable bonds is 7. The summed E-state index contributed by atoms with van der Waals surface area (Å²) in [7, 11) is -3.82. The van der Waals surface area contributed by atoms with E-state index in [1.807, 2.05) is 0 Å². The van der Waals surface area contributed by atoms with Crippen molar-refractivity contribution in [3.63, 3.8) is 0 Å². The van der Waals surface area contributed by atoms with Crippen molar-refractivity contribution in [2.24, 2.45) is 0 Å². The molecule has 0 amide bonds. The van der Waals surface area contributed by atoms with Gasteiger partial charge in [-0.2, -0.15) is 0 Å². The molecule has 0 aliphatic heterocycles. The Morgan fingerprint density at radius 1 is 1.33 bits per heavy atom. The molecule has 1 rings (SSSR count). The third-order valence-electron chi connectivity index (χ3n) is 2.16. The fourth-order valence-corrected chi connectivity index (χ4v) is 2.43. The molecule has 1 atom stereocenters. The summed E-state index contributed by atoms with van der Waals surface area (Å²) in [6.07, 6.45) is -0.492.